The molecule has 1 aromatic heterocycles. The standard InChI is InChI=1S/C27H36FN3O4/c1-5-6-7-12-29-16-19(22-15-20(28)8-11-23(22)29)17-31(21-9-10-21)25(32)24-18-30(13-14-34-24)26(33)35-27(2,3)4/h5,8,11,15-16,21,24H,1,6-7,9-10,12-14,17-18H2,2-4H3. The number of allylic oxidation sites excluding steroid dienone is 1. The summed E-state index contributed by atoms with van der Waals surface area (Å²) in [5.74, 6) is -0.430. The van der Waals surface area contributed by atoms with E-state index in [2.05, 4.69) is 11.1 Å². The maximum absolute atomic E-state index is 14.2. The van der Waals surface area contributed by atoms with Crippen molar-refractivity contribution < 1.29 is 23.5 Å². The predicted octanol–water partition coefficient (Wildman–Crippen LogP) is 4.87. The molecule has 35 heavy (non-hydrogen) atoms. The number of benzene rings is 1. The zero-order valence-electron chi connectivity index (χ0n) is 21.0. The summed E-state index contributed by atoms with van der Waals surface area (Å²) >= 11 is 0. The highest BCUT2D eigenvalue weighted by Crippen LogP contribution is 2.32. The molecule has 2 fully saturated rings. The first-order valence-electron chi connectivity index (χ1n) is 12.4. The van der Waals surface area contributed by atoms with Crippen molar-refractivity contribution in [2.24, 2.45) is 0 Å². The van der Waals surface area contributed by atoms with E-state index in [1.54, 1.807) is 17.0 Å². The van der Waals surface area contributed by atoms with Gasteiger partial charge in [-0.3, -0.25) is 4.79 Å². The number of unbranched alkanes of at least 4 members (excludes halogenated alkanes) is 1. The molecule has 1 aromatic carbocycles. The number of morpholine rings is 1. The van der Waals surface area contributed by atoms with E-state index in [1.807, 2.05) is 37.9 Å². The maximum Gasteiger partial charge on any atom is 0.410 e. The minimum atomic E-state index is -0.741. The molecule has 2 aromatic rings. The number of hydrogen-bond acceptors (Lipinski definition) is 4. The van der Waals surface area contributed by atoms with Gasteiger partial charge >= 0.3 is 6.09 Å². The summed E-state index contributed by atoms with van der Waals surface area (Å²) in [6.07, 6.45) is 6.45. The summed E-state index contributed by atoms with van der Waals surface area (Å²) in [6.45, 7) is 11.2. The van der Waals surface area contributed by atoms with Crippen LogP contribution in [0.5, 0.6) is 0 Å². The third-order valence-electron chi connectivity index (χ3n) is 6.34. The van der Waals surface area contributed by atoms with Crippen LogP contribution >= 0.6 is 0 Å². The van der Waals surface area contributed by atoms with Gasteiger partial charge in [0.2, 0.25) is 0 Å². The summed E-state index contributed by atoms with van der Waals surface area (Å²) in [7, 11) is 0. The van der Waals surface area contributed by atoms with E-state index in [1.165, 1.54) is 6.07 Å². The van der Waals surface area contributed by atoms with Crippen LogP contribution in [0.3, 0.4) is 0 Å². The average Bonchev–Trinajstić information content (AvgIpc) is 3.59. The lowest BCUT2D eigenvalue weighted by molar-refractivity contribution is -0.150. The van der Waals surface area contributed by atoms with E-state index < -0.39 is 17.8 Å². The number of rotatable bonds is 8. The first-order chi connectivity index (χ1) is 16.7. The quantitative estimate of drug-likeness (QED) is 0.395. The molecule has 1 saturated heterocycles. The molecule has 0 bridgehead atoms. The van der Waals surface area contributed by atoms with Crippen molar-refractivity contribution in [1.29, 1.82) is 0 Å². The Kier molecular flexibility index (Phi) is 7.50. The van der Waals surface area contributed by atoms with Gasteiger partial charge in [-0.1, -0.05) is 6.08 Å². The van der Waals surface area contributed by atoms with Crippen LogP contribution < -0.4 is 0 Å². The van der Waals surface area contributed by atoms with Gasteiger partial charge < -0.3 is 23.8 Å². The molecule has 7 nitrogen and oxygen atoms in total. The monoisotopic (exact) mass is 485 g/mol. The summed E-state index contributed by atoms with van der Waals surface area (Å²) in [5, 5.41) is 0.821. The molecular weight excluding hydrogens is 449 g/mol. The molecule has 4 rings (SSSR count). The number of aromatic nitrogens is 1. The van der Waals surface area contributed by atoms with Crippen molar-refractivity contribution in [3.05, 3.63) is 48.4 Å². The van der Waals surface area contributed by atoms with E-state index in [-0.39, 0.29) is 30.9 Å². The van der Waals surface area contributed by atoms with E-state index >= 15 is 0 Å². The SMILES string of the molecule is C=CCCCn1cc(CN(C(=O)C2CN(C(=O)OC(C)(C)C)CCO2)C2CC2)c2cc(F)ccc21. The average molecular weight is 486 g/mol. The van der Waals surface area contributed by atoms with Gasteiger partial charge in [0.15, 0.2) is 6.10 Å². The molecule has 1 saturated carbocycles. The number of carbonyl (C=O) groups excluding carboxylic acids is 2. The Balaban J connectivity index is 1.52. The molecule has 1 atom stereocenters. The Labute approximate surface area is 206 Å². The molecular formula is C27H36FN3O4. The van der Waals surface area contributed by atoms with Gasteiger partial charge in [0.05, 0.1) is 13.2 Å². The summed E-state index contributed by atoms with van der Waals surface area (Å²) < 4.78 is 27.6. The molecule has 2 heterocycles. The first kappa shape index (κ1) is 25.2. The lowest BCUT2D eigenvalue weighted by Gasteiger charge is -2.35. The molecule has 1 aliphatic carbocycles. The van der Waals surface area contributed by atoms with Crippen LogP contribution in [0.15, 0.2) is 37.1 Å². The number of ether oxygens (including phenoxy) is 2. The van der Waals surface area contributed by atoms with Crippen LogP contribution in [0.25, 0.3) is 10.9 Å². The smallest absolute Gasteiger partial charge is 0.410 e. The van der Waals surface area contributed by atoms with Crippen molar-refractivity contribution in [2.45, 2.75) is 77.3 Å². The number of aryl methyl sites for hydroxylation is 1. The fourth-order valence-corrected chi connectivity index (χ4v) is 4.49. The normalized spacial score (nSPS) is 18.5. The highest BCUT2D eigenvalue weighted by atomic mass is 19.1. The summed E-state index contributed by atoms with van der Waals surface area (Å²) in [4.78, 5) is 29.5. The highest BCUT2D eigenvalue weighted by molar-refractivity contribution is 5.86. The van der Waals surface area contributed by atoms with Crippen molar-refractivity contribution >= 4 is 22.9 Å². The van der Waals surface area contributed by atoms with Crippen LogP contribution in [0.4, 0.5) is 9.18 Å². The fraction of sp³-hybridized carbons (Fsp3) is 0.556. The molecule has 0 N–H and O–H groups in total. The Morgan fingerprint density at radius 3 is 2.77 bits per heavy atom. The van der Waals surface area contributed by atoms with E-state index in [0.717, 1.165) is 48.7 Å². The minimum absolute atomic E-state index is 0.135. The van der Waals surface area contributed by atoms with Gasteiger partial charge in [0.1, 0.15) is 11.4 Å². The lowest BCUT2D eigenvalue weighted by atomic mass is 10.1. The number of nitrogens with zero attached hydrogens (tertiary/aromatic N) is 3. The van der Waals surface area contributed by atoms with E-state index in [0.29, 0.717) is 13.1 Å². The largest absolute Gasteiger partial charge is 0.444 e. The number of halogens is 1. The highest BCUT2D eigenvalue weighted by Gasteiger charge is 2.39. The molecule has 190 valence electrons. The second kappa shape index (κ2) is 10.4. The Hall–Kier alpha value is -2.87. The predicted molar refractivity (Wildman–Crippen MR) is 132 cm³/mol. The number of amides is 2. The summed E-state index contributed by atoms with van der Waals surface area (Å²) in [6, 6.07) is 4.96. The van der Waals surface area contributed by atoms with Crippen LogP contribution in [-0.2, 0) is 27.4 Å². The minimum Gasteiger partial charge on any atom is -0.444 e. The molecule has 0 spiro atoms. The maximum atomic E-state index is 14.2. The lowest BCUT2D eigenvalue weighted by Crippen LogP contribution is -2.53. The van der Waals surface area contributed by atoms with Gasteiger partial charge in [-0.2, -0.15) is 0 Å². The van der Waals surface area contributed by atoms with Crippen LogP contribution in [0.1, 0.15) is 52.0 Å². The zero-order chi connectivity index (χ0) is 25.2. The Morgan fingerprint density at radius 1 is 1.31 bits per heavy atom. The number of carbonyl (C=O) groups is 2. The molecule has 1 unspecified atom stereocenters. The topological polar surface area (TPSA) is 64.0 Å². The zero-order valence-corrected chi connectivity index (χ0v) is 21.0. The third kappa shape index (κ3) is 6.23. The van der Waals surface area contributed by atoms with Crippen molar-refractivity contribution in [2.75, 3.05) is 19.7 Å². The van der Waals surface area contributed by atoms with Crippen molar-refractivity contribution in [3.8, 4) is 0 Å². The van der Waals surface area contributed by atoms with Gasteiger partial charge in [-0.15, -0.1) is 6.58 Å². The fourth-order valence-electron chi connectivity index (χ4n) is 4.49. The van der Waals surface area contributed by atoms with Gasteiger partial charge in [0, 0.05) is 42.8 Å². The van der Waals surface area contributed by atoms with Gasteiger partial charge in [-0.25, -0.2) is 9.18 Å². The van der Waals surface area contributed by atoms with Crippen LogP contribution in [0.2, 0.25) is 0 Å². The van der Waals surface area contributed by atoms with Gasteiger partial charge in [0.25, 0.3) is 5.91 Å². The molecule has 2 amide bonds. The molecule has 1 aliphatic heterocycles. The second-order valence-electron chi connectivity index (χ2n) is 10.4. The number of fused-ring (bicyclic) bond motifs is 1. The third-order valence-corrected chi connectivity index (χ3v) is 6.34. The first-order valence-corrected chi connectivity index (χ1v) is 12.4. The second-order valence-corrected chi connectivity index (χ2v) is 10.4. The Morgan fingerprint density at radius 2 is 2.09 bits per heavy atom. The summed E-state index contributed by atoms with van der Waals surface area (Å²) in [5.41, 5.74) is 1.27. The number of hydrogen-bond donors (Lipinski definition) is 0. The molecule has 8 heteroatoms. The van der Waals surface area contributed by atoms with Crippen molar-refractivity contribution in [1.82, 2.24) is 14.4 Å². The Bertz CT molecular complexity index is 1090. The molecule has 0 radical (unpaired) electrons. The van der Waals surface area contributed by atoms with Crippen molar-refractivity contribution in [3.63, 3.8) is 0 Å². The van der Waals surface area contributed by atoms with E-state index in [9.17, 15) is 14.0 Å². The van der Waals surface area contributed by atoms with Crippen LogP contribution in [0, 0.1) is 5.82 Å². The van der Waals surface area contributed by atoms with Crippen LogP contribution in [-0.4, -0.2) is 63.8 Å². The van der Waals surface area contributed by atoms with Gasteiger partial charge in [-0.05, 0) is 70.2 Å². The van der Waals surface area contributed by atoms with E-state index in [4.69, 9.17) is 9.47 Å². The molecule has 2 aliphatic rings.